The van der Waals surface area contributed by atoms with Crippen molar-refractivity contribution in [1.29, 1.82) is 0 Å². The molecule has 2 aromatic carbocycles. The van der Waals surface area contributed by atoms with Gasteiger partial charge in [-0.3, -0.25) is 19.2 Å². The number of carboxylic acids is 2. The zero-order chi connectivity index (χ0) is 31.2. The van der Waals surface area contributed by atoms with Gasteiger partial charge < -0.3 is 20.8 Å². The molecular weight excluding hydrogens is 562 g/mol. The van der Waals surface area contributed by atoms with Crippen LogP contribution in [0.1, 0.15) is 29.2 Å². The standard InChI is InChI=1S/C27H26F6N2O6/c1-11-5-7-14(9-16(11)34-4)25(26(28,29)30,27(31,32)33)15-8-6-12(2)17(10-15)35-22(37)19-18(13(3)36)20(23(38)39)21(19)24(40)41/h5-10,18-21,34H,1-4H3,(H,35,37)(H,38,39)(H,40,41). The molecule has 4 atom stereocenters. The van der Waals surface area contributed by atoms with E-state index in [1.807, 2.05) is 0 Å². The van der Waals surface area contributed by atoms with Crippen LogP contribution < -0.4 is 10.6 Å². The molecule has 3 rings (SSSR count). The number of ketones is 1. The summed E-state index contributed by atoms with van der Waals surface area (Å²) in [7, 11) is 1.34. The lowest BCUT2D eigenvalue weighted by Gasteiger charge is -2.45. The number of hydrogen-bond acceptors (Lipinski definition) is 5. The molecule has 1 aliphatic rings. The van der Waals surface area contributed by atoms with E-state index in [0.717, 1.165) is 25.1 Å². The lowest BCUT2D eigenvalue weighted by molar-refractivity contribution is -0.288. The van der Waals surface area contributed by atoms with Crippen molar-refractivity contribution in [3.05, 3.63) is 58.7 Å². The molecule has 41 heavy (non-hydrogen) atoms. The molecule has 222 valence electrons. The fourth-order valence-electron chi connectivity index (χ4n) is 5.51. The number of aliphatic carboxylic acids is 2. The number of aryl methyl sites for hydroxylation is 2. The molecule has 0 heterocycles. The van der Waals surface area contributed by atoms with Crippen molar-refractivity contribution < 1.29 is 55.7 Å². The summed E-state index contributed by atoms with van der Waals surface area (Å²) >= 11 is 0. The number of carbonyl (C=O) groups is 4. The third-order valence-electron chi connectivity index (χ3n) is 7.61. The van der Waals surface area contributed by atoms with Crippen molar-refractivity contribution in [2.45, 2.75) is 38.5 Å². The predicted octanol–water partition coefficient (Wildman–Crippen LogP) is 4.93. The largest absolute Gasteiger partial charge is 0.481 e. The maximum Gasteiger partial charge on any atom is 0.411 e. The lowest BCUT2D eigenvalue weighted by Crippen LogP contribution is -2.60. The Bertz CT molecular complexity index is 1370. The van der Waals surface area contributed by atoms with Crippen molar-refractivity contribution in [3.8, 4) is 0 Å². The first-order chi connectivity index (χ1) is 18.8. The summed E-state index contributed by atoms with van der Waals surface area (Å²) in [6.45, 7) is 3.73. The minimum atomic E-state index is -5.92. The van der Waals surface area contributed by atoms with Crippen LogP contribution in [-0.4, -0.2) is 53.2 Å². The highest BCUT2D eigenvalue weighted by Gasteiger charge is 2.72. The molecule has 1 amide bonds. The minimum Gasteiger partial charge on any atom is -0.481 e. The topological polar surface area (TPSA) is 133 Å². The summed E-state index contributed by atoms with van der Waals surface area (Å²) in [6.07, 6.45) is -11.8. The van der Waals surface area contributed by atoms with E-state index in [9.17, 15) is 55.7 Å². The predicted molar refractivity (Wildman–Crippen MR) is 133 cm³/mol. The van der Waals surface area contributed by atoms with E-state index in [4.69, 9.17) is 0 Å². The molecule has 1 saturated carbocycles. The van der Waals surface area contributed by atoms with Crippen LogP contribution in [0, 0.1) is 37.5 Å². The first kappa shape index (κ1) is 31.4. The van der Waals surface area contributed by atoms with E-state index in [2.05, 4.69) is 10.6 Å². The summed E-state index contributed by atoms with van der Waals surface area (Å²) < 4.78 is 88.1. The van der Waals surface area contributed by atoms with Crippen molar-refractivity contribution in [2.75, 3.05) is 17.7 Å². The molecule has 1 aliphatic carbocycles. The van der Waals surface area contributed by atoms with E-state index in [1.165, 1.54) is 20.9 Å². The molecule has 8 nitrogen and oxygen atoms in total. The van der Waals surface area contributed by atoms with Gasteiger partial charge in [0.25, 0.3) is 0 Å². The van der Waals surface area contributed by atoms with Gasteiger partial charge >= 0.3 is 24.3 Å². The van der Waals surface area contributed by atoms with E-state index in [0.29, 0.717) is 23.8 Å². The Balaban J connectivity index is 2.19. The highest BCUT2D eigenvalue weighted by atomic mass is 19.4. The average molecular weight is 589 g/mol. The first-order valence-corrected chi connectivity index (χ1v) is 12.1. The van der Waals surface area contributed by atoms with Crippen LogP contribution in [0.2, 0.25) is 0 Å². The van der Waals surface area contributed by atoms with Crippen molar-refractivity contribution in [2.24, 2.45) is 23.7 Å². The van der Waals surface area contributed by atoms with Crippen LogP contribution in [0.15, 0.2) is 36.4 Å². The van der Waals surface area contributed by atoms with Crippen molar-refractivity contribution >= 4 is 35.0 Å². The fourth-order valence-corrected chi connectivity index (χ4v) is 5.51. The molecule has 4 N–H and O–H groups in total. The zero-order valence-electron chi connectivity index (χ0n) is 22.1. The average Bonchev–Trinajstić information content (AvgIpc) is 2.79. The molecular formula is C27H26F6N2O6. The highest BCUT2D eigenvalue weighted by molar-refractivity contribution is 6.04. The number of anilines is 2. The normalized spacial score (nSPS) is 21.0. The summed E-state index contributed by atoms with van der Waals surface area (Å²) in [4.78, 5) is 48.5. The number of amides is 1. The van der Waals surface area contributed by atoms with Crippen molar-refractivity contribution in [1.82, 2.24) is 0 Å². The van der Waals surface area contributed by atoms with Crippen molar-refractivity contribution in [3.63, 3.8) is 0 Å². The van der Waals surface area contributed by atoms with Crippen LogP contribution in [0.4, 0.5) is 37.7 Å². The van der Waals surface area contributed by atoms with Gasteiger partial charge in [0.2, 0.25) is 11.3 Å². The summed E-state index contributed by atoms with van der Waals surface area (Å²) in [5.74, 6) is -12.2. The number of nitrogens with one attached hydrogen (secondary N) is 2. The molecule has 0 bridgehead atoms. The van der Waals surface area contributed by atoms with Gasteiger partial charge in [0.15, 0.2) is 0 Å². The lowest BCUT2D eigenvalue weighted by atomic mass is 9.55. The molecule has 2 aromatic rings. The molecule has 0 aliphatic heterocycles. The van der Waals surface area contributed by atoms with E-state index >= 15 is 0 Å². The maximum absolute atomic E-state index is 14.7. The number of halogens is 6. The second-order valence-electron chi connectivity index (χ2n) is 9.93. The van der Waals surface area contributed by atoms with Crippen LogP contribution in [0.5, 0.6) is 0 Å². The first-order valence-electron chi connectivity index (χ1n) is 12.1. The summed E-state index contributed by atoms with van der Waals surface area (Å²) in [5.41, 5.74) is -7.02. The quantitative estimate of drug-likeness (QED) is 0.322. The molecule has 0 radical (unpaired) electrons. The van der Waals surface area contributed by atoms with Gasteiger partial charge in [-0.2, -0.15) is 26.3 Å². The van der Waals surface area contributed by atoms with E-state index in [-0.39, 0.29) is 11.3 Å². The van der Waals surface area contributed by atoms with Crippen LogP contribution in [-0.2, 0) is 24.6 Å². The summed E-state index contributed by atoms with van der Waals surface area (Å²) in [5, 5.41) is 23.6. The Morgan fingerprint density at radius 3 is 1.51 bits per heavy atom. The number of rotatable bonds is 8. The maximum atomic E-state index is 14.7. The summed E-state index contributed by atoms with van der Waals surface area (Å²) in [6, 6.07) is 4.62. The molecule has 0 spiro atoms. The number of carbonyl (C=O) groups excluding carboxylic acids is 2. The third kappa shape index (κ3) is 5.10. The molecule has 14 heteroatoms. The van der Waals surface area contributed by atoms with Crippen LogP contribution in [0.3, 0.4) is 0 Å². The van der Waals surface area contributed by atoms with Gasteiger partial charge in [-0.25, -0.2) is 0 Å². The molecule has 0 aromatic heterocycles. The van der Waals surface area contributed by atoms with Crippen LogP contribution in [0.25, 0.3) is 0 Å². The number of Topliss-reactive ketones (excluding diaryl/α,β-unsaturated/α-hetero) is 1. The second-order valence-corrected chi connectivity index (χ2v) is 9.93. The Kier molecular flexibility index (Phi) is 8.21. The SMILES string of the molecule is CNc1cc(C(c2ccc(C)c(NC(=O)C3C(C(C)=O)C(C(=O)O)C3C(=O)O)c2)(C(F)(F)F)C(F)(F)F)ccc1C. The van der Waals surface area contributed by atoms with Gasteiger partial charge in [0, 0.05) is 24.3 Å². The Morgan fingerprint density at radius 2 is 1.12 bits per heavy atom. The smallest absolute Gasteiger partial charge is 0.411 e. The van der Waals surface area contributed by atoms with Gasteiger partial charge in [0.05, 0.1) is 17.8 Å². The number of benzene rings is 2. The number of hydrogen-bond donors (Lipinski definition) is 4. The Morgan fingerprint density at radius 1 is 0.707 bits per heavy atom. The van der Waals surface area contributed by atoms with Gasteiger partial charge in [-0.15, -0.1) is 0 Å². The van der Waals surface area contributed by atoms with Gasteiger partial charge in [-0.1, -0.05) is 24.3 Å². The third-order valence-corrected chi connectivity index (χ3v) is 7.61. The molecule has 0 saturated heterocycles. The van der Waals surface area contributed by atoms with E-state index in [1.54, 1.807) is 0 Å². The monoisotopic (exact) mass is 588 g/mol. The van der Waals surface area contributed by atoms with Gasteiger partial charge in [-0.05, 0) is 55.2 Å². The second kappa shape index (κ2) is 10.7. The van der Waals surface area contributed by atoms with E-state index < -0.39 is 81.9 Å². The minimum absolute atomic E-state index is 0.0222. The van der Waals surface area contributed by atoms with Gasteiger partial charge in [0.1, 0.15) is 5.78 Å². The highest BCUT2D eigenvalue weighted by Crippen LogP contribution is 2.57. The molecule has 4 unspecified atom stereocenters. The Hall–Kier alpha value is -4.10. The number of alkyl halides is 6. The zero-order valence-corrected chi connectivity index (χ0v) is 22.1. The molecule has 1 fully saturated rings. The number of carboxylic acid groups (broad SMARTS) is 2. The fraction of sp³-hybridized carbons (Fsp3) is 0.407. The Labute approximate surface area is 229 Å². The van der Waals surface area contributed by atoms with Crippen LogP contribution >= 0.6 is 0 Å².